The Morgan fingerprint density at radius 1 is 1.35 bits per heavy atom. The van der Waals surface area contributed by atoms with Gasteiger partial charge in [-0.3, -0.25) is 4.79 Å². The summed E-state index contributed by atoms with van der Waals surface area (Å²) >= 11 is 0. The predicted molar refractivity (Wildman–Crippen MR) is 78.1 cm³/mol. The number of nitrogens with zero attached hydrogens (tertiary/aromatic N) is 1. The zero-order valence-corrected chi connectivity index (χ0v) is 12.3. The van der Waals surface area contributed by atoms with Gasteiger partial charge in [-0.05, 0) is 37.3 Å². The van der Waals surface area contributed by atoms with Gasteiger partial charge in [-0.2, -0.15) is 0 Å². The highest BCUT2D eigenvalue weighted by Crippen LogP contribution is 2.29. The van der Waals surface area contributed by atoms with E-state index in [0.717, 1.165) is 25.3 Å². The van der Waals surface area contributed by atoms with Gasteiger partial charge >= 0.3 is 0 Å². The van der Waals surface area contributed by atoms with Gasteiger partial charge in [0.2, 0.25) is 0 Å². The van der Waals surface area contributed by atoms with Crippen LogP contribution >= 0.6 is 0 Å². The lowest BCUT2D eigenvalue weighted by molar-refractivity contribution is -0.133. The summed E-state index contributed by atoms with van der Waals surface area (Å²) in [5.74, 6) is 2.18. The fraction of sp³-hybridized carbons (Fsp3) is 0.562. The van der Waals surface area contributed by atoms with Crippen LogP contribution < -0.4 is 9.47 Å². The molecule has 1 amide bonds. The topological polar surface area (TPSA) is 38.8 Å². The van der Waals surface area contributed by atoms with Crippen LogP contribution in [0.2, 0.25) is 0 Å². The van der Waals surface area contributed by atoms with E-state index in [1.165, 1.54) is 12.8 Å². The number of benzene rings is 1. The lowest BCUT2D eigenvalue weighted by Crippen LogP contribution is -2.37. The zero-order chi connectivity index (χ0) is 14.4. The van der Waals surface area contributed by atoms with Crippen molar-refractivity contribution in [3.8, 4) is 11.5 Å². The molecule has 4 nitrogen and oxygen atoms in total. The van der Waals surface area contributed by atoms with Crippen molar-refractivity contribution in [2.24, 2.45) is 5.92 Å². The maximum atomic E-state index is 12.2. The normalized spacial score (nSPS) is 13.9. The smallest absolute Gasteiger partial charge is 0.260 e. The Kier molecular flexibility index (Phi) is 5.27. The summed E-state index contributed by atoms with van der Waals surface area (Å²) in [7, 11) is 1.61. The van der Waals surface area contributed by atoms with Crippen LogP contribution in [-0.2, 0) is 4.79 Å². The van der Waals surface area contributed by atoms with Gasteiger partial charge in [0, 0.05) is 19.2 Å². The molecule has 1 aromatic rings. The molecule has 0 heterocycles. The maximum Gasteiger partial charge on any atom is 0.260 e. The van der Waals surface area contributed by atoms with Crippen molar-refractivity contribution in [3.63, 3.8) is 0 Å². The maximum absolute atomic E-state index is 12.2. The molecule has 0 saturated heterocycles. The van der Waals surface area contributed by atoms with Crippen LogP contribution in [0.1, 0.15) is 26.2 Å². The highest BCUT2D eigenvalue weighted by molar-refractivity contribution is 5.77. The average molecular weight is 277 g/mol. The van der Waals surface area contributed by atoms with E-state index < -0.39 is 0 Å². The molecule has 0 bridgehead atoms. The molecular weight excluding hydrogens is 254 g/mol. The standard InChI is InChI=1S/C16H23NO3/c1-3-9-17(11-13-7-8-13)16(18)12-20-15-6-4-5-14(10-15)19-2/h4-6,10,13H,3,7-9,11-12H2,1-2H3. The number of methoxy groups -OCH3 is 1. The molecule has 0 spiro atoms. The summed E-state index contributed by atoms with van der Waals surface area (Å²) in [5.41, 5.74) is 0. The van der Waals surface area contributed by atoms with Gasteiger partial charge in [0.25, 0.3) is 5.91 Å². The van der Waals surface area contributed by atoms with Crippen LogP contribution in [0.4, 0.5) is 0 Å². The highest BCUT2D eigenvalue weighted by Gasteiger charge is 2.26. The third kappa shape index (κ3) is 4.44. The molecule has 1 aromatic carbocycles. The second kappa shape index (κ2) is 7.17. The summed E-state index contributed by atoms with van der Waals surface area (Å²) in [6.07, 6.45) is 3.49. The number of rotatable bonds is 8. The van der Waals surface area contributed by atoms with Crippen molar-refractivity contribution in [2.45, 2.75) is 26.2 Å². The molecule has 0 unspecified atom stereocenters. The Bertz CT molecular complexity index is 443. The number of hydrogen-bond donors (Lipinski definition) is 0. The van der Waals surface area contributed by atoms with E-state index in [1.807, 2.05) is 23.1 Å². The van der Waals surface area contributed by atoms with E-state index in [1.54, 1.807) is 13.2 Å². The van der Waals surface area contributed by atoms with Crippen LogP contribution in [0.3, 0.4) is 0 Å². The molecule has 4 heteroatoms. The zero-order valence-electron chi connectivity index (χ0n) is 12.3. The van der Waals surface area contributed by atoms with E-state index >= 15 is 0 Å². The Labute approximate surface area is 120 Å². The molecule has 0 atom stereocenters. The minimum atomic E-state index is 0.0709. The monoisotopic (exact) mass is 277 g/mol. The van der Waals surface area contributed by atoms with Crippen molar-refractivity contribution in [3.05, 3.63) is 24.3 Å². The van der Waals surface area contributed by atoms with Gasteiger partial charge in [-0.25, -0.2) is 0 Å². The van der Waals surface area contributed by atoms with Crippen molar-refractivity contribution in [1.29, 1.82) is 0 Å². The second-order valence-electron chi connectivity index (χ2n) is 5.25. The highest BCUT2D eigenvalue weighted by atomic mass is 16.5. The number of carbonyl (C=O) groups excluding carboxylic acids is 1. The van der Waals surface area contributed by atoms with Crippen LogP contribution in [-0.4, -0.2) is 37.6 Å². The van der Waals surface area contributed by atoms with Crippen molar-refractivity contribution in [1.82, 2.24) is 4.90 Å². The lowest BCUT2D eigenvalue weighted by Gasteiger charge is -2.22. The fourth-order valence-corrected chi connectivity index (χ4v) is 2.13. The van der Waals surface area contributed by atoms with Crippen molar-refractivity contribution >= 4 is 5.91 Å². The molecule has 1 fully saturated rings. The third-order valence-electron chi connectivity index (χ3n) is 3.43. The van der Waals surface area contributed by atoms with Gasteiger partial charge in [-0.1, -0.05) is 13.0 Å². The van der Waals surface area contributed by atoms with E-state index in [2.05, 4.69) is 6.92 Å². The Morgan fingerprint density at radius 3 is 2.75 bits per heavy atom. The molecule has 1 aliphatic carbocycles. The molecule has 110 valence electrons. The molecular formula is C16H23NO3. The number of hydrogen-bond acceptors (Lipinski definition) is 3. The first kappa shape index (κ1) is 14.7. The van der Waals surface area contributed by atoms with Crippen LogP contribution in [0.15, 0.2) is 24.3 Å². The summed E-state index contributed by atoms with van der Waals surface area (Å²) in [5, 5.41) is 0. The molecule has 0 radical (unpaired) electrons. The first-order valence-corrected chi connectivity index (χ1v) is 7.27. The second-order valence-corrected chi connectivity index (χ2v) is 5.25. The Morgan fingerprint density at radius 2 is 2.10 bits per heavy atom. The molecule has 0 aromatic heterocycles. The Hall–Kier alpha value is -1.71. The SMILES string of the molecule is CCCN(CC1CC1)C(=O)COc1cccc(OC)c1. The van der Waals surface area contributed by atoms with Gasteiger partial charge in [0.05, 0.1) is 7.11 Å². The average Bonchev–Trinajstić information content (AvgIpc) is 3.28. The van der Waals surface area contributed by atoms with E-state index in [4.69, 9.17) is 9.47 Å². The first-order valence-electron chi connectivity index (χ1n) is 7.27. The van der Waals surface area contributed by atoms with E-state index in [-0.39, 0.29) is 12.5 Å². The number of ether oxygens (including phenoxy) is 2. The number of amides is 1. The van der Waals surface area contributed by atoms with Crippen LogP contribution in [0, 0.1) is 5.92 Å². The van der Waals surface area contributed by atoms with Gasteiger partial charge in [0.15, 0.2) is 6.61 Å². The minimum absolute atomic E-state index is 0.0709. The van der Waals surface area contributed by atoms with Crippen molar-refractivity contribution < 1.29 is 14.3 Å². The third-order valence-corrected chi connectivity index (χ3v) is 3.43. The Balaban J connectivity index is 1.85. The van der Waals surface area contributed by atoms with Crippen LogP contribution in [0.5, 0.6) is 11.5 Å². The predicted octanol–water partition coefficient (Wildman–Crippen LogP) is 2.72. The van der Waals surface area contributed by atoms with Gasteiger partial charge in [-0.15, -0.1) is 0 Å². The summed E-state index contributed by atoms with van der Waals surface area (Å²) in [6, 6.07) is 7.33. The fourth-order valence-electron chi connectivity index (χ4n) is 2.13. The minimum Gasteiger partial charge on any atom is -0.497 e. The van der Waals surface area contributed by atoms with Crippen molar-refractivity contribution in [2.75, 3.05) is 26.8 Å². The molecule has 0 N–H and O–H groups in total. The largest absolute Gasteiger partial charge is 0.497 e. The molecule has 2 rings (SSSR count). The number of carbonyl (C=O) groups is 1. The lowest BCUT2D eigenvalue weighted by atomic mass is 10.3. The molecule has 0 aliphatic heterocycles. The molecule has 1 saturated carbocycles. The van der Waals surface area contributed by atoms with Gasteiger partial charge in [0.1, 0.15) is 11.5 Å². The van der Waals surface area contributed by atoms with Gasteiger partial charge < -0.3 is 14.4 Å². The van der Waals surface area contributed by atoms with Crippen LogP contribution in [0.25, 0.3) is 0 Å². The summed E-state index contributed by atoms with van der Waals surface area (Å²) in [6.45, 7) is 3.89. The van der Waals surface area contributed by atoms with E-state index in [0.29, 0.717) is 11.7 Å². The first-order chi connectivity index (χ1) is 9.72. The summed E-state index contributed by atoms with van der Waals surface area (Å²) < 4.78 is 10.7. The van der Waals surface area contributed by atoms with E-state index in [9.17, 15) is 4.79 Å². The summed E-state index contributed by atoms with van der Waals surface area (Å²) in [4.78, 5) is 14.1. The quantitative estimate of drug-likeness (QED) is 0.733. The molecule has 1 aliphatic rings. The molecule has 20 heavy (non-hydrogen) atoms.